The topological polar surface area (TPSA) is 25.2 Å². The molecule has 0 bridgehead atoms. The standard InChI is InChI=1S/C15H18ClNO/c1-2-8-17-15(13-7-9-18-11-13)10-12-3-5-14(16)6-4-12/h3-7,9,11,15,17H,2,8,10H2,1H3. The van der Waals surface area contributed by atoms with Crippen LogP contribution in [-0.4, -0.2) is 6.54 Å². The minimum Gasteiger partial charge on any atom is -0.472 e. The summed E-state index contributed by atoms with van der Waals surface area (Å²) < 4.78 is 5.17. The Morgan fingerprint density at radius 1 is 1.22 bits per heavy atom. The normalized spacial score (nSPS) is 12.6. The van der Waals surface area contributed by atoms with Gasteiger partial charge in [0.1, 0.15) is 0 Å². The van der Waals surface area contributed by atoms with E-state index in [1.807, 2.05) is 24.5 Å². The third kappa shape index (κ3) is 3.62. The lowest BCUT2D eigenvalue weighted by Crippen LogP contribution is -2.23. The van der Waals surface area contributed by atoms with Crippen molar-refractivity contribution in [2.24, 2.45) is 0 Å². The summed E-state index contributed by atoms with van der Waals surface area (Å²) in [5.74, 6) is 0. The molecule has 2 nitrogen and oxygen atoms in total. The number of rotatable bonds is 6. The molecule has 0 aliphatic carbocycles. The summed E-state index contributed by atoms with van der Waals surface area (Å²) in [5.41, 5.74) is 2.47. The molecule has 96 valence electrons. The molecule has 0 radical (unpaired) electrons. The van der Waals surface area contributed by atoms with Crippen molar-refractivity contribution in [1.29, 1.82) is 0 Å². The number of hydrogen-bond acceptors (Lipinski definition) is 2. The van der Waals surface area contributed by atoms with Crippen LogP contribution < -0.4 is 5.32 Å². The molecule has 0 aliphatic heterocycles. The molecule has 1 atom stereocenters. The van der Waals surface area contributed by atoms with E-state index in [1.165, 1.54) is 11.1 Å². The van der Waals surface area contributed by atoms with Crippen molar-refractivity contribution in [2.75, 3.05) is 6.54 Å². The van der Waals surface area contributed by atoms with Gasteiger partial charge in [0.2, 0.25) is 0 Å². The maximum Gasteiger partial charge on any atom is 0.0950 e. The molecular formula is C15H18ClNO. The number of nitrogens with one attached hydrogen (secondary N) is 1. The van der Waals surface area contributed by atoms with Crippen molar-refractivity contribution < 1.29 is 4.42 Å². The first-order valence-electron chi connectivity index (χ1n) is 6.29. The monoisotopic (exact) mass is 263 g/mol. The predicted octanol–water partition coefficient (Wildman–Crippen LogP) is 4.22. The molecule has 1 aromatic heterocycles. The molecular weight excluding hydrogens is 246 g/mol. The van der Waals surface area contributed by atoms with E-state index in [-0.39, 0.29) is 0 Å². The minimum atomic E-state index is 0.296. The van der Waals surface area contributed by atoms with Gasteiger partial charge in [-0.2, -0.15) is 0 Å². The Morgan fingerprint density at radius 2 is 2.00 bits per heavy atom. The van der Waals surface area contributed by atoms with Gasteiger partial charge in [-0.25, -0.2) is 0 Å². The maximum absolute atomic E-state index is 5.90. The summed E-state index contributed by atoms with van der Waals surface area (Å²) >= 11 is 5.90. The fourth-order valence-corrected chi connectivity index (χ4v) is 2.08. The van der Waals surface area contributed by atoms with E-state index in [1.54, 1.807) is 6.26 Å². The van der Waals surface area contributed by atoms with E-state index in [4.69, 9.17) is 16.0 Å². The van der Waals surface area contributed by atoms with E-state index in [2.05, 4.69) is 24.4 Å². The van der Waals surface area contributed by atoms with Crippen molar-refractivity contribution in [3.8, 4) is 0 Å². The molecule has 0 amide bonds. The number of furan rings is 1. The first-order chi connectivity index (χ1) is 8.79. The van der Waals surface area contributed by atoms with Gasteiger partial charge < -0.3 is 9.73 Å². The maximum atomic E-state index is 5.90. The summed E-state index contributed by atoms with van der Waals surface area (Å²) in [6.45, 7) is 3.17. The van der Waals surface area contributed by atoms with Gasteiger partial charge in [-0.15, -0.1) is 0 Å². The van der Waals surface area contributed by atoms with Gasteiger partial charge in [0.05, 0.1) is 12.5 Å². The molecule has 18 heavy (non-hydrogen) atoms. The largest absolute Gasteiger partial charge is 0.472 e. The van der Waals surface area contributed by atoms with Crippen molar-refractivity contribution >= 4 is 11.6 Å². The number of halogens is 1. The van der Waals surface area contributed by atoms with Gasteiger partial charge in [0.15, 0.2) is 0 Å². The summed E-state index contributed by atoms with van der Waals surface area (Å²) in [5, 5.41) is 4.32. The van der Waals surface area contributed by atoms with E-state index in [9.17, 15) is 0 Å². The molecule has 1 unspecified atom stereocenters. The first kappa shape index (κ1) is 13.2. The molecule has 0 fully saturated rings. The predicted molar refractivity (Wildman–Crippen MR) is 74.9 cm³/mol. The van der Waals surface area contributed by atoms with Crippen LogP contribution in [0.5, 0.6) is 0 Å². The second-order valence-electron chi connectivity index (χ2n) is 4.39. The molecule has 0 saturated carbocycles. The van der Waals surface area contributed by atoms with Crippen LogP contribution in [0.4, 0.5) is 0 Å². The summed E-state index contributed by atoms with van der Waals surface area (Å²) in [6.07, 6.45) is 5.59. The molecule has 1 aromatic carbocycles. The zero-order valence-electron chi connectivity index (χ0n) is 10.5. The van der Waals surface area contributed by atoms with Gasteiger partial charge in [-0.3, -0.25) is 0 Å². The SMILES string of the molecule is CCCNC(Cc1ccc(Cl)cc1)c1ccoc1. The van der Waals surface area contributed by atoms with Crippen LogP contribution >= 0.6 is 11.6 Å². The van der Waals surface area contributed by atoms with Gasteiger partial charge in [-0.05, 0) is 43.1 Å². The highest BCUT2D eigenvalue weighted by Gasteiger charge is 2.12. The van der Waals surface area contributed by atoms with E-state index in [0.29, 0.717) is 6.04 Å². The van der Waals surface area contributed by atoms with Crippen molar-refractivity contribution in [1.82, 2.24) is 5.32 Å². The van der Waals surface area contributed by atoms with Crippen LogP contribution in [0.2, 0.25) is 5.02 Å². The molecule has 3 heteroatoms. The Hall–Kier alpha value is -1.25. The summed E-state index contributed by atoms with van der Waals surface area (Å²) in [7, 11) is 0. The zero-order valence-corrected chi connectivity index (χ0v) is 11.3. The van der Waals surface area contributed by atoms with E-state index >= 15 is 0 Å². The highest BCUT2D eigenvalue weighted by molar-refractivity contribution is 6.30. The fraction of sp³-hybridized carbons (Fsp3) is 0.333. The second-order valence-corrected chi connectivity index (χ2v) is 4.83. The van der Waals surface area contributed by atoms with Crippen molar-refractivity contribution in [3.05, 3.63) is 59.0 Å². The lowest BCUT2D eigenvalue weighted by molar-refractivity contribution is 0.512. The quantitative estimate of drug-likeness (QED) is 0.844. The molecule has 2 aromatic rings. The van der Waals surface area contributed by atoms with Crippen LogP contribution in [0.1, 0.15) is 30.5 Å². The van der Waals surface area contributed by atoms with Crippen LogP contribution in [0.25, 0.3) is 0 Å². The van der Waals surface area contributed by atoms with E-state index < -0.39 is 0 Å². The highest BCUT2D eigenvalue weighted by atomic mass is 35.5. The molecule has 0 saturated heterocycles. The summed E-state index contributed by atoms with van der Waals surface area (Å²) in [4.78, 5) is 0. The van der Waals surface area contributed by atoms with Gasteiger partial charge >= 0.3 is 0 Å². The molecule has 2 rings (SSSR count). The Morgan fingerprint density at radius 3 is 2.61 bits per heavy atom. The third-order valence-electron chi connectivity index (χ3n) is 2.94. The highest BCUT2D eigenvalue weighted by Crippen LogP contribution is 2.20. The van der Waals surface area contributed by atoms with Gasteiger partial charge in [-0.1, -0.05) is 30.7 Å². The Balaban J connectivity index is 2.07. The zero-order chi connectivity index (χ0) is 12.8. The van der Waals surface area contributed by atoms with Crippen molar-refractivity contribution in [3.63, 3.8) is 0 Å². The van der Waals surface area contributed by atoms with Crippen LogP contribution in [-0.2, 0) is 6.42 Å². The fourth-order valence-electron chi connectivity index (χ4n) is 1.96. The average molecular weight is 264 g/mol. The van der Waals surface area contributed by atoms with Gasteiger partial charge in [0.25, 0.3) is 0 Å². The molecule has 1 N–H and O–H groups in total. The number of benzene rings is 1. The van der Waals surface area contributed by atoms with Gasteiger partial charge in [0, 0.05) is 16.6 Å². The third-order valence-corrected chi connectivity index (χ3v) is 3.19. The average Bonchev–Trinajstić information content (AvgIpc) is 2.90. The summed E-state index contributed by atoms with van der Waals surface area (Å²) in [6, 6.07) is 10.3. The Labute approximate surface area is 113 Å². The lowest BCUT2D eigenvalue weighted by atomic mass is 10.0. The Bertz CT molecular complexity index is 450. The Kier molecular flexibility index (Phi) is 4.85. The minimum absolute atomic E-state index is 0.296. The molecule has 0 aliphatic rings. The van der Waals surface area contributed by atoms with Crippen LogP contribution in [0.3, 0.4) is 0 Å². The molecule has 0 spiro atoms. The van der Waals surface area contributed by atoms with E-state index in [0.717, 1.165) is 24.4 Å². The smallest absolute Gasteiger partial charge is 0.0950 e. The second kappa shape index (κ2) is 6.62. The van der Waals surface area contributed by atoms with Crippen LogP contribution in [0, 0.1) is 0 Å². The first-order valence-corrected chi connectivity index (χ1v) is 6.67. The van der Waals surface area contributed by atoms with Crippen LogP contribution in [0.15, 0.2) is 47.3 Å². The number of hydrogen-bond donors (Lipinski definition) is 1. The van der Waals surface area contributed by atoms with Crippen molar-refractivity contribution in [2.45, 2.75) is 25.8 Å². The lowest BCUT2D eigenvalue weighted by Gasteiger charge is -2.17. The molecule has 1 heterocycles.